The van der Waals surface area contributed by atoms with E-state index in [2.05, 4.69) is 36.6 Å². The van der Waals surface area contributed by atoms with Crippen LogP contribution in [0.1, 0.15) is 41.3 Å². The number of fused-ring (bicyclic) bond motifs is 3. The Balaban J connectivity index is 2.12. The first-order valence-electron chi connectivity index (χ1n) is 9.09. The Morgan fingerprint density at radius 1 is 1.00 bits per heavy atom. The SMILES string of the molecule is CC(C)c1cc(O)c2c3c(C(N)=O)cccc3n(Cc3ccccc3)c2c1. The second-order valence-corrected chi connectivity index (χ2v) is 7.22. The highest BCUT2D eigenvalue weighted by Crippen LogP contribution is 2.39. The maximum absolute atomic E-state index is 12.0. The standard InChI is InChI=1S/C23H22N2O2/c1-14(2)16-11-19-22(20(26)12-16)21-17(23(24)27)9-6-10-18(21)25(19)13-15-7-4-3-5-8-15/h3-12,14,26H,13H2,1-2H3,(H2,24,27). The molecule has 0 aliphatic rings. The number of hydrogen-bond donors (Lipinski definition) is 2. The molecule has 0 aliphatic carbocycles. The van der Waals surface area contributed by atoms with Crippen LogP contribution in [0.25, 0.3) is 21.8 Å². The number of phenols is 1. The van der Waals surface area contributed by atoms with E-state index in [-0.39, 0.29) is 11.7 Å². The van der Waals surface area contributed by atoms with Crippen LogP contribution in [0.15, 0.2) is 60.7 Å². The van der Waals surface area contributed by atoms with E-state index in [1.54, 1.807) is 12.1 Å². The lowest BCUT2D eigenvalue weighted by Crippen LogP contribution is -2.11. The quantitative estimate of drug-likeness (QED) is 0.552. The Labute approximate surface area is 157 Å². The van der Waals surface area contributed by atoms with Crippen molar-refractivity contribution in [1.82, 2.24) is 4.57 Å². The van der Waals surface area contributed by atoms with Gasteiger partial charge in [-0.3, -0.25) is 4.79 Å². The zero-order chi connectivity index (χ0) is 19.1. The minimum absolute atomic E-state index is 0.182. The predicted molar refractivity (Wildman–Crippen MR) is 109 cm³/mol. The fraction of sp³-hybridized carbons (Fsp3) is 0.174. The van der Waals surface area contributed by atoms with Gasteiger partial charge in [0.1, 0.15) is 5.75 Å². The van der Waals surface area contributed by atoms with Crippen LogP contribution in [0.5, 0.6) is 5.75 Å². The lowest BCUT2D eigenvalue weighted by molar-refractivity contribution is 0.100. The van der Waals surface area contributed by atoms with Gasteiger partial charge in [-0.2, -0.15) is 0 Å². The number of carbonyl (C=O) groups excluding carboxylic acids is 1. The molecule has 1 amide bonds. The van der Waals surface area contributed by atoms with Gasteiger partial charge in [0, 0.05) is 17.5 Å². The lowest BCUT2D eigenvalue weighted by Gasteiger charge is -2.11. The van der Waals surface area contributed by atoms with Crippen molar-refractivity contribution in [2.45, 2.75) is 26.3 Å². The van der Waals surface area contributed by atoms with Crippen molar-refractivity contribution < 1.29 is 9.90 Å². The molecule has 3 aromatic carbocycles. The van der Waals surface area contributed by atoms with E-state index < -0.39 is 5.91 Å². The molecule has 1 aromatic heterocycles. The van der Waals surface area contributed by atoms with Crippen molar-refractivity contribution >= 4 is 27.7 Å². The van der Waals surface area contributed by atoms with Gasteiger partial charge in [0.05, 0.1) is 16.4 Å². The highest BCUT2D eigenvalue weighted by atomic mass is 16.3. The summed E-state index contributed by atoms with van der Waals surface area (Å²) in [5, 5.41) is 12.2. The van der Waals surface area contributed by atoms with E-state index in [4.69, 9.17) is 5.73 Å². The molecule has 0 aliphatic heterocycles. The van der Waals surface area contributed by atoms with Crippen molar-refractivity contribution in [2.75, 3.05) is 0 Å². The molecule has 0 atom stereocenters. The molecule has 0 spiro atoms. The molecule has 0 saturated carbocycles. The summed E-state index contributed by atoms with van der Waals surface area (Å²) in [6, 6.07) is 19.6. The van der Waals surface area contributed by atoms with Crippen molar-refractivity contribution in [3.63, 3.8) is 0 Å². The molecular weight excluding hydrogens is 336 g/mol. The Morgan fingerprint density at radius 3 is 2.41 bits per heavy atom. The molecule has 1 heterocycles. The third kappa shape index (κ3) is 2.83. The summed E-state index contributed by atoms with van der Waals surface area (Å²) in [5.41, 5.74) is 10.1. The second kappa shape index (κ2) is 6.47. The molecule has 0 fully saturated rings. The fourth-order valence-electron chi connectivity index (χ4n) is 3.73. The van der Waals surface area contributed by atoms with Crippen LogP contribution in [0, 0.1) is 0 Å². The summed E-state index contributed by atoms with van der Waals surface area (Å²) in [7, 11) is 0. The monoisotopic (exact) mass is 358 g/mol. The smallest absolute Gasteiger partial charge is 0.249 e. The van der Waals surface area contributed by atoms with Gasteiger partial charge in [0.2, 0.25) is 5.91 Å². The van der Waals surface area contributed by atoms with E-state index in [1.165, 1.54) is 0 Å². The topological polar surface area (TPSA) is 68.2 Å². The second-order valence-electron chi connectivity index (χ2n) is 7.22. The van der Waals surface area contributed by atoms with Crippen LogP contribution in [-0.4, -0.2) is 15.6 Å². The predicted octanol–water partition coefficient (Wildman–Crippen LogP) is 4.77. The Kier molecular flexibility index (Phi) is 4.11. The van der Waals surface area contributed by atoms with Gasteiger partial charge in [0.15, 0.2) is 0 Å². The maximum Gasteiger partial charge on any atom is 0.249 e. The molecule has 0 bridgehead atoms. The first-order valence-corrected chi connectivity index (χ1v) is 9.09. The number of carbonyl (C=O) groups is 1. The minimum atomic E-state index is -0.494. The van der Waals surface area contributed by atoms with Gasteiger partial charge in [-0.05, 0) is 41.3 Å². The first-order chi connectivity index (χ1) is 13.0. The zero-order valence-electron chi connectivity index (χ0n) is 15.4. The molecule has 0 saturated heterocycles. The number of rotatable bonds is 4. The summed E-state index contributed by atoms with van der Waals surface area (Å²) in [4.78, 5) is 12.0. The molecule has 4 rings (SSSR count). The van der Waals surface area contributed by atoms with E-state index in [1.807, 2.05) is 30.3 Å². The number of amides is 1. The lowest BCUT2D eigenvalue weighted by atomic mass is 9.99. The molecule has 3 N–H and O–H groups in total. The van der Waals surface area contributed by atoms with Crippen LogP contribution in [0.3, 0.4) is 0 Å². The van der Waals surface area contributed by atoms with Gasteiger partial charge in [-0.15, -0.1) is 0 Å². The average Bonchev–Trinajstić information content (AvgIpc) is 2.96. The Bertz CT molecular complexity index is 1160. The van der Waals surface area contributed by atoms with Crippen LogP contribution in [0.2, 0.25) is 0 Å². The van der Waals surface area contributed by atoms with E-state index in [0.717, 1.165) is 22.2 Å². The van der Waals surface area contributed by atoms with Crippen LogP contribution < -0.4 is 5.73 Å². The molecule has 4 heteroatoms. The largest absolute Gasteiger partial charge is 0.507 e. The Hall–Kier alpha value is -3.27. The summed E-state index contributed by atoms with van der Waals surface area (Å²) in [5.74, 6) is -0.0347. The van der Waals surface area contributed by atoms with Crippen molar-refractivity contribution in [2.24, 2.45) is 5.73 Å². The normalized spacial score (nSPS) is 11.5. The summed E-state index contributed by atoms with van der Waals surface area (Å²) < 4.78 is 2.15. The number of aromatic hydroxyl groups is 1. The van der Waals surface area contributed by atoms with E-state index in [0.29, 0.717) is 22.9 Å². The van der Waals surface area contributed by atoms with Crippen LogP contribution in [0.4, 0.5) is 0 Å². The highest BCUT2D eigenvalue weighted by Gasteiger charge is 2.20. The number of benzene rings is 3. The van der Waals surface area contributed by atoms with E-state index >= 15 is 0 Å². The molecule has 136 valence electrons. The van der Waals surface area contributed by atoms with Crippen LogP contribution in [-0.2, 0) is 6.54 Å². The molecule has 0 radical (unpaired) electrons. The molecular formula is C23H22N2O2. The summed E-state index contributed by atoms with van der Waals surface area (Å²) >= 11 is 0. The minimum Gasteiger partial charge on any atom is -0.507 e. The zero-order valence-corrected chi connectivity index (χ0v) is 15.4. The van der Waals surface area contributed by atoms with E-state index in [9.17, 15) is 9.90 Å². The Morgan fingerprint density at radius 2 is 1.74 bits per heavy atom. The van der Waals surface area contributed by atoms with Crippen LogP contribution >= 0.6 is 0 Å². The maximum atomic E-state index is 12.0. The molecule has 0 unspecified atom stereocenters. The van der Waals surface area contributed by atoms with Gasteiger partial charge < -0.3 is 15.4 Å². The highest BCUT2D eigenvalue weighted by molar-refractivity contribution is 6.19. The summed E-state index contributed by atoms with van der Waals surface area (Å²) in [6.45, 7) is 4.84. The molecule has 4 nitrogen and oxygen atoms in total. The number of phenolic OH excluding ortho intramolecular Hbond substituents is 1. The van der Waals surface area contributed by atoms with Gasteiger partial charge >= 0.3 is 0 Å². The average molecular weight is 358 g/mol. The first kappa shape index (κ1) is 17.2. The van der Waals surface area contributed by atoms with Gasteiger partial charge in [0.25, 0.3) is 0 Å². The fourth-order valence-corrected chi connectivity index (χ4v) is 3.73. The van der Waals surface area contributed by atoms with Gasteiger partial charge in [-0.1, -0.05) is 50.2 Å². The number of nitrogens with zero attached hydrogens (tertiary/aromatic N) is 1. The third-order valence-corrected chi connectivity index (χ3v) is 5.11. The summed E-state index contributed by atoms with van der Waals surface area (Å²) in [6.07, 6.45) is 0. The third-order valence-electron chi connectivity index (χ3n) is 5.11. The number of primary amides is 1. The van der Waals surface area contributed by atoms with Crippen molar-refractivity contribution in [3.8, 4) is 5.75 Å². The van der Waals surface area contributed by atoms with Crippen molar-refractivity contribution in [1.29, 1.82) is 0 Å². The number of hydrogen-bond acceptors (Lipinski definition) is 2. The molecule has 4 aromatic rings. The van der Waals surface area contributed by atoms with Gasteiger partial charge in [-0.25, -0.2) is 0 Å². The number of nitrogens with two attached hydrogens (primary N) is 1. The van der Waals surface area contributed by atoms with Crippen molar-refractivity contribution in [3.05, 3.63) is 77.4 Å². The number of aromatic nitrogens is 1. The molecule has 27 heavy (non-hydrogen) atoms.